The number of carboxylic acid groups (broad SMARTS) is 1. The summed E-state index contributed by atoms with van der Waals surface area (Å²) in [6.45, 7) is 0.435. The highest BCUT2D eigenvalue weighted by atomic mass is 32.2. The summed E-state index contributed by atoms with van der Waals surface area (Å²) >= 11 is 1.14. The molecule has 0 saturated carbocycles. The molecule has 0 atom stereocenters. The molecule has 1 amide bonds. The molecule has 1 aromatic carbocycles. The lowest BCUT2D eigenvalue weighted by Crippen LogP contribution is -2.26. The first-order valence-corrected chi connectivity index (χ1v) is 10.4. The molecule has 0 radical (unpaired) electrons. The van der Waals surface area contributed by atoms with Crippen molar-refractivity contribution in [3.05, 3.63) is 47.3 Å². The van der Waals surface area contributed by atoms with Gasteiger partial charge in [-0.05, 0) is 42.0 Å². The molecule has 9 heteroatoms. The molecule has 0 fully saturated rings. The van der Waals surface area contributed by atoms with Crippen LogP contribution in [0.3, 0.4) is 0 Å². The van der Waals surface area contributed by atoms with Crippen molar-refractivity contribution in [2.45, 2.75) is 29.9 Å². The number of nitrogens with one attached hydrogen (secondary N) is 2. The molecule has 0 bridgehead atoms. The van der Waals surface area contributed by atoms with Crippen LogP contribution in [-0.4, -0.2) is 31.9 Å². The van der Waals surface area contributed by atoms with Crippen molar-refractivity contribution < 1.29 is 23.1 Å². The van der Waals surface area contributed by atoms with Crippen LogP contribution in [0, 0.1) is 0 Å². The highest BCUT2D eigenvalue weighted by Crippen LogP contribution is 2.20. The lowest BCUT2D eigenvalue weighted by molar-refractivity contribution is -0.137. The predicted molar refractivity (Wildman–Crippen MR) is 99.8 cm³/mol. The van der Waals surface area contributed by atoms with Gasteiger partial charge in [-0.1, -0.05) is 18.2 Å². The molecule has 0 saturated heterocycles. The van der Waals surface area contributed by atoms with Crippen LogP contribution in [0.4, 0.5) is 5.69 Å². The third kappa shape index (κ3) is 6.49. The van der Waals surface area contributed by atoms with Crippen LogP contribution >= 0.6 is 11.3 Å². The Labute approximate surface area is 156 Å². The maximum absolute atomic E-state index is 12.1. The number of hydrogen-bond donors (Lipinski definition) is 3. The molecule has 0 aliphatic carbocycles. The quantitative estimate of drug-likeness (QED) is 0.534. The van der Waals surface area contributed by atoms with Crippen molar-refractivity contribution >= 4 is 38.9 Å². The third-order valence-electron chi connectivity index (χ3n) is 3.47. The fraction of sp³-hybridized carbons (Fsp3) is 0.294. The Hall–Kier alpha value is -2.39. The highest BCUT2D eigenvalue weighted by Gasteiger charge is 2.15. The van der Waals surface area contributed by atoms with Gasteiger partial charge < -0.3 is 10.4 Å². The first kappa shape index (κ1) is 19.9. The standard InChI is InChI=1S/C17H20N2O5S2/c20-15(18-10-2-1-4-16(21)22)12-13-6-8-14(9-7-13)19-26(23,24)17-5-3-11-25-17/h3,5-9,11,19H,1-2,4,10,12H2,(H,18,20)(H,21,22). The summed E-state index contributed by atoms with van der Waals surface area (Å²) in [6.07, 6.45) is 1.41. The Morgan fingerprint density at radius 3 is 2.42 bits per heavy atom. The van der Waals surface area contributed by atoms with Gasteiger partial charge in [0.25, 0.3) is 10.0 Å². The highest BCUT2D eigenvalue weighted by molar-refractivity contribution is 7.94. The van der Waals surface area contributed by atoms with E-state index in [0.717, 1.165) is 16.9 Å². The Balaban J connectivity index is 1.80. The van der Waals surface area contributed by atoms with Crippen molar-refractivity contribution in [2.75, 3.05) is 11.3 Å². The Morgan fingerprint density at radius 1 is 1.08 bits per heavy atom. The van der Waals surface area contributed by atoms with Gasteiger partial charge in [0.2, 0.25) is 5.91 Å². The molecule has 7 nitrogen and oxygen atoms in total. The first-order valence-electron chi connectivity index (χ1n) is 8.00. The summed E-state index contributed by atoms with van der Waals surface area (Å²) in [4.78, 5) is 22.2. The number of aliphatic carboxylic acids is 1. The van der Waals surface area contributed by atoms with E-state index in [2.05, 4.69) is 10.0 Å². The zero-order valence-electron chi connectivity index (χ0n) is 14.0. The van der Waals surface area contributed by atoms with Gasteiger partial charge in [-0.2, -0.15) is 0 Å². The van der Waals surface area contributed by atoms with Gasteiger partial charge in [0.1, 0.15) is 4.21 Å². The number of carbonyl (C=O) groups excluding carboxylic acids is 1. The monoisotopic (exact) mass is 396 g/mol. The van der Waals surface area contributed by atoms with Gasteiger partial charge in [-0.15, -0.1) is 11.3 Å². The van der Waals surface area contributed by atoms with Crippen LogP contribution in [0.1, 0.15) is 24.8 Å². The summed E-state index contributed by atoms with van der Waals surface area (Å²) < 4.78 is 27.0. The number of unbranched alkanes of at least 4 members (excludes halogenated alkanes) is 1. The average Bonchev–Trinajstić information content (AvgIpc) is 3.11. The van der Waals surface area contributed by atoms with Gasteiger partial charge in [0.15, 0.2) is 0 Å². The zero-order chi connectivity index (χ0) is 19.0. The van der Waals surface area contributed by atoms with Crippen molar-refractivity contribution in [2.24, 2.45) is 0 Å². The minimum absolute atomic E-state index is 0.0959. The fourth-order valence-electron chi connectivity index (χ4n) is 2.19. The van der Waals surface area contributed by atoms with E-state index >= 15 is 0 Å². The van der Waals surface area contributed by atoms with Gasteiger partial charge in [-0.3, -0.25) is 14.3 Å². The Morgan fingerprint density at radius 2 is 1.81 bits per heavy atom. The molecule has 0 aliphatic rings. The Kier molecular flexibility index (Phi) is 7.16. The van der Waals surface area contributed by atoms with Crippen molar-refractivity contribution in [3.8, 4) is 0 Å². The molecule has 0 unspecified atom stereocenters. The van der Waals surface area contributed by atoms with E-state index in [4.69, 9.17) is 5.11 Å². The summed E-state index contributed by atoms with van der Waals surface area (Å²) in [5, 5.41) is 13.0. The molecule has 3 N–H and O–H groups in total. The summed E-state index contributed by atoms with van der Waals surface area (Å²) in [5.74, 6) is -1.00. The van der Waals surface area contributed by atoms with E-state index in [1.807, 2.05) is 0 Å². The molecule has 1 heterocycles. The van der Waals surface area contributed by atoms with Crippen LogP contribution in [0.25, 0.3) is 0 Å². The average molecular weight is 396 g/mol. The summed E-state index contributed by atoms with van der Waals surface area (Å²) in [6, 6.07) is 9.80. The second kappa shape index (κ2) is 9.35. The molecule has 0 spiro atoms. The normalized spacial score (nSPS) is 11.1. The number of amides is 1. The van der Waals surface area contributed by atoms with Gasteiger partial charge in [0.05, 0.1) is 6.42 Å². The SMILES string of the molecule is O=C(O)CCCCNC(=O)Cc1ccc(NS(=O)(=O)c2cccs2)cc1. The molecule has 0 aliphatic heterocycles. The van der Waals surface area contributed by atoms with Gasteiger partial charge >= 0.3 is 5.97 Å². The molecule has 2 rings (SSSR count). The van der Waals surface area contributed by atoms with Crippen molar-refractivity contribution in [1.29, 1.82) is 0 Å². The number of benzene rings is 1. The van der Waals surface area contributed by atoms with E-state index in [1.54, 1.807) is 35.7 Å². The molecule has 2 aromatic rings. The second-order valence-corrected chi connectivity index (χ2v) is 8.47. The molecule has 140 valence electrons. The number of carbonyl (C=O) groups is 2. The number of thiophene rings is 1. The number of anilines is 1. The smallest absolute Gasteiger partial charge is 0.303 e. The lowest BCUT2D eigenvalue weighted by Gasteiger charge is -2.08. The lowest BCUT2D eigenvalue weighted by atomic mass is 10.1. The molecular weight excluding hydrogens is 376 g/mol. The third-order valence-corrected chi connectivity index (χ3v) is 6.25. The van der Waals surface area contributed by atoms with E-state index < -0.39 is 16.0 Å². The maximum atomic E-state index is 12.1. The Bertz CT molecular complexity index is 831. The largest absolute Gasteiger partial charge is 0.481 e. The minimum Gasteiger partial charge on any atom is -0.481 e. The summed E-state index contributed by atoms with van der Waals surface area (Å²) in [7, 11) is -3.58. The van der Waals surface area contributed by atoms with Gasteiger partial charge in [0, 0.05) is 18.7 Å². The number of sulfonamides is 1. The van der Waals surface area contributed by atoms with E-state index in [0.29, 0.717) is 25.1 Å². The topological polar surface area (TPSA) is 113 Å². The summed E-state index contributed by atoms with van der Waals surface area (Å²) in [5.41, 5.74) is 1.18. The van der Waals surface area contributed by atoms with Gasteiger partial charge in [-0.25, -0.2) is 8.42 Å². The number of hydrogen-bond acceptors (Lipinski definition) is 5. The van der Waals surface area contributed by atoms with Crippen molar-refractivity contribution in [3.63, 3.8) is 0 Å². The first-order chi connectivity index (χ1) is 12.4. The van der Waals surface area contributed by atoms with Crippen molar-refractivity contribution in [1.82, 2.24) is 5.32 Å². The van der Waals surface area contributed by atoms with Crippen LogP contribution in [0.5, 0.6) is 0 Å². The van der Waals surface area contributed by atoms with Crippen LogP contribution in [0.15, 0.2) is 46.0 Å². The van der Waals surface area contributed by atoms with E-state index in [-0.39, 0.29) is 23.0 Å². The number of rotatable bonds is 10. The maximum Gasteiger partial charge on any atom is 0.303 e. The fourth-order valence-corrected chi connectivity index (χ4v) is 4.24. The number of carboxylic acids is 1. The molecule has 26 heavy (non-hydrogen) atoms. The van der Waals surface area contributed by atoms with Crippen LogP contribution in [-0.2, 0) is 26.0 Å². The zero-order valence-corrected chi connectivity index (χ0v) is 15.6. The van der Waals surface area contributed by atoms with E-state index in [1.165, 1.54) is 6.07 Å². The molecule has 1 aromatic heterocycles. The van der Waals surface area contributed by atoms with Crippen LogP contribution < -0.4 is 10.0 Å². The second-order valence-electron chi connectivity index (χ2n) is 5.61. The minimum atomic E-state index is -3.58. The van der Waals surface area contributed by atoms with Crippen LogP contribution in [0.2, 0.25) is 0 Å². The predicted octanol–water partition coefficient (Wildman–Crippen LogP) is 2.46. The van der Waals surface area contributed by atoms with E-state index in [9.17, 15) is 18.0 Å². The molecular formula is C17H20N2O5S2.